The van der Waals surface area contributed by atoms with Crippen molar-refractivity contribution in [2.75, 3.05) is 6.79 Å². The predicted octanol–water partition coefficient (Wildman–Crippen LogP) is 4.54. The third-order valence-electron chi connectivity index (χ3n) is 7.20. The lowest BCUT2D eigenvalue weighted by Gasteiger charge is -2.35. The first kappa shape index (κ1) is 26.2. The van der Waals surface area contributed by atoms with Crippen LogP contribution < -0.4 is 14.8 Å². The average Bonchev–Trinajstić information content (AvgIpc) is 3.56. The van der Waals surface area contributed by atoms with Crippen LogP contribution in [0.4, 0.5) is 0 Å². The van der Waals surface area contributed by atoms with Crippen LogP contribution in [0.5, 0.6) is 11.5 Å². The van der Waals surface area contributed by atoms with Crippen molar-refractivity contribution in [1.82, 2.24) is 25.2 Å². The first-order valence-electron chi connectivity index (χ1n) is 13.1. The normalized spacial score (nSPS) is 13.3. The molecule has 3 aromatic carbocycles. The summed E-state index contributed by atoms with van der Waals surface area (Å²) in [7, 11) is 0. The number of aryl methyl sites for hydroxylation is 1. The van der Waals surface area contributed by atoms with Crippen LogP contribution in [-0.2, 0) is 22.7 Å². The number of amides is 2. The monoisotopic (exact) mass is 527 g/mol. The molecule has 0 spiro atoms. The summed E-state index contributed by atoms with van der Waals surface area (Å²) in [5.74, 6) is 0.768. The Hall–Kier alpha value is -4.40. The van der Waals surface area contributed by atoms with Gasteiger partial charge in [-0.25, -0.2) is 4.68 Å². The fourth-order valence-corrected chi connectivity index (χ4v) is 4.65. The topological polar surface area (TPSA) is 98.6 Å². The molecule has 0 bridgehead atoms. The largest absolute Gasteiger partial charge is 0.454 e. The summed E-state index contributed by atoms with van der Waals surface area (Å²) in [5.41, 5.74) is 3.50. The molecule has 1 aliphatic rings. The Bertz CT molecular complexity index is 1510. The van der Waals surface area contributed by atoms with Gasteiger partial charge in [-0.05, 0) is 68.1 Å². The molecule has 1 atom stereocenters. The van der Waals surface area contributed by atoms with Crippen molar-refractivity contribution in [2.24, 2.45) is 0 Å². The molecular weight excluding hydrogens is 494 g/mol. The Labute approximate surface area is 227 Å². The van der Waals surface area contributed by atoms with Crippen LogP contribution in [0.15, 0.2) is 66.7 Å². The highest BCUT2D eigenvalue weighted by atomic mass is 16.7. The van der Waals surface area contributed by atoms with E-state index >= 15 is 0 Å². The molecule has 9 heteroatoms. The van der Waals surface area contributed by atoms with Crippen molar-refractivity contribution in [1.29, 1.82) is 0 Å². The molecule has 0 radical (unpaired) electrons. The van der Waals surface area contributed by atoms with Crippen LogP contribution in [0.3, 0.4) is 0 Å². The molecule has 0 fully saturated rings. The Balaban J connectivity index is 1.57. The molecular formula is C30H33N5O4. The van der Waals surface area contributed by atoms with E-state index in [1.807, 2.05) is 94.4 Å². The van der Waals surface area contributed by atoms with Crippen molar-refractivity contribution >= 4 is 22.8 Å². The van der Waals surface area contributed by atoms with Crippen LogP contribution in [0.25, 0.3) is 11.0 Å². The van der Waals surface area contributed by atoms with Crippen molar-refractivity contribution in [2.45, 2.75) is 58.8 Å². The van der Waals surface area contributed by atoms with Gasteiger partial charge in [0, 0.05) is 12.1 Å². The summed E-state index contributed by atoms with van der Waals surface area (Å²) >= 11 is 0. The number of aromatic nitrogens is 3. The molecule has 39 heavy (non-hydrogen) atoms. The number of nitrogens with one attached hydrogen (secondary N) is 1. The van der Waals surface area contributed by atoms with Crippen molar-refractivity contribution in [3.8, 4) is 11.5 Å². The van der Waals surface area contributed by atoms with Gasteiger partial charge in [-0.2, -0.15) is 0 Å². The second-order valence-corrected chi connectivity index (χ2v) is 10.4. The summed E-state index contributed by atoms with van der Waals surface area (Å²) in [5, 5.41) is 11.6. The van der Waals surface area contributed by atoms with Crippen molar-refractivity contribution in [3.05, 3.63) is 83.4 Å². The molecule has 4 aromatic rings. The highest BCUT2D eigenvalue weighted by molar-refractivity contribution is 5.90. The molecule has 1 aromatic heterocycles. The van der Waals surface area contributed by atoms with Crippen LogP contribution in [0, 0.1) is 6.92 Å². The highest BCUT2D eigenvalue weighted by Gasteiger charge is 2.35. The Morgan fingerprint density at radius 1 is 1.05 bits per heavy atom. The molecule has 5 rings (SSSR count). The SMILES string of the molecule is CCC(C)(C)NC(=O)[C@@H](c1ccccc1C)N(Cc1ccc2c(c1)OCO2)C(=O)Cn1nnc2ccccc21. The Kier molecular flexibility index (Phi) is 7.24. The van der Waals surface area contributed by atoms with E-state index in [-0.39, 0.29) is 31.7 Å². The second kappa shape index (κ2) is 10.8. The molecule has 202 valence electrons. The lowest BCUT2D eigenvalue weighted by atomic mass is 9.95. The van der Waals surface area contributed by atoms with Crippen molar-refractivity contribution in [3.63, 3.8) is 0 Å². The number of carbonyl (C=O) groups excluding carboxylic acids is 2. The van der Waals surface area contributed by atoms with Gasteiger partial charge in [-0.3, -0.25) is 9.59 Å². The van der Waals surface area contributed by atoms with Gasteiger partial charge >= 0.3 is 0 Å². The predicted molar refractivity (Wildman–Crippen MR) is 147 cm³/mol. The summed E-state index contributed by atoms with van der Waals surface area (Å²) in [6.45, 7) is 8.19. The zero-order valence-electron chi connectivity index (χ0n) is 22.7. The van der Waals surface area contributed by atoms with Gasteiger partial charge in [-0.15, -0.1) is 5.10 Å². The van der Waals surface area contributed by atoms with Gasteiger partial charge < -0.3 is 19.7 Å². The van der Waals surface area contributed by atoms with E-state index in [1.165, 1.54) is 0 Å². The Morgan fingerprint density at radius 2 is 1.79 bits per heavy atom. The minimum Gasteiger partial charge on any atom is -0.454 e. The lowest BCUT2D eigenvalue weighted by molar-refractivity contribution is -0.143. The fraction of sp³-hybridized carbons (Fsp3) is 0.333. The maximum absolute atomic E-state index is 14.2. The van der Waals surface area contributed by atoms with Crippen LogP contribution in [0.2, 0.25) is 0 Å². The van der Waals surface area contributed by atoms with E-state index < -0.39 is 11.6 Å². The smallest absolute Gasteiger partial charge is 0.247 e. The van der Waals surface area contributed by atoms with E-state index in [2.05, 4.69) is 15.6 Å². The first-order valence-corrected chi connectivity index (χ1v) is 13.1. The van der Waals surface area contributed by atoms with Crippen molar-refractivity contribution < 1.29 is 19.1 Å². The number of carbonyl (C=O) groups is 2. The molecule has 1 aliphatic heterocycles. The zero-order valence-corrected chi connectivity index (χ0v) is 22.7. The van der Waals surface area contributed by atoms with Gasteiger partial charge in [0.15, 0.2) is 11.5 Å². The molecule has 0 saturated carbocycles. The quantitative estimate of drug-likeness (QED) is 0.343. The maximum Gasteiger partial charge on any atom is 0.247 e. The van der Waals surface area contributed by atoms with Crippen LogP contribution in [0.1, 0.15) is 49.9 Å². The molecule has 1 N–H and O–H groups in total. The summed E-state index contributed by atoms with van der Waals surface area (Å²) in [4.78, 5) is 29.8. The maximum atomic E-state index is 14.2. The third-order valence-corrected chi connectivity index (χ3v) is 7.20. The minimum absolute atomic E-state index is 0.0715. The number of ether oxygens (including phenoxy) is 2. The third kappa shape index (κ3) is 5.57. The fourth-order valence-electron chi connectivity index (χ4n) is 4.65. The van der Waals surface area contributed by atoms with Gasteiger partial charge in [0.05, 0.1) is 5.52 Å². The molecule has 2 heterocycles. The van der Waals surface area contributed by atoms with Crippen LogP contribution >= 0.6 is 0 Å². The average molecular weight is 528 g/mol. The number of fused-ring (bicyclic) bond motifs is 2. The summed E-state index contributed by atoms with van der Waals surface area (Å²) in [6.07, 6.45) is 0.736. The summed E-state index contributed by atoms with van der Waals surface area (Å²) in [6, 6.07) is 19.9. The number of nitrogens with zero attached hydrogens (tertiary/aromatic N) is 4. The molecule has 0 saturated heterocycles. The summed E-state index contributed by atoms with van der Waals surface area (Å²) < 4.78 is 12.6. The second-order valence-electron chi connectivity index (χ2n) is 10.4. The number of hydrogen-bond donors (Lipinski definition) is 1. The zero-order chi connectivity index (χ0) is 27.6. The first-order chi connectivity index (χ1) is 18.8. The van der Waals surface area contributed by atoms with Gasteiger partial charge in [-0.1, -0.05) is 54.6 Å². The van der Waals surface area contributed by atoms with Gasteiger partial charge in [0.1, 0.15) is 18.1 Å². The van der Waals surface area contributed by atoms with Gasteiger partial charge in [0.25, 0.3) is 0 Å². The number of hydrogen-bond acceptors (Lipinski definition) is 6. The van der Waals surface area contributed by atoms with Gasteiger partial charge in [0.2, 0.25) is 18.6 Å². The number of rotatable bonds is 9. The number of benzene rings is 3. The van der Waals surface area contributed by atoms with E-state index in [4.69, 9.17) is 9.47 Å². The van der Waals surface area contributed by atoms with E-state index in [9.17, 15) is 9.59 Å². The highest BCUT2D eigenvalue weighted by Crippen LogP contribution is 2.34. The number of para-hydroxylation sites is 1. The van der Waals surface area contributed by atoms with Crippen LogP contribution in [-0.4, -0.2) is 44.0 Å². The standard InChI is InChI=1S/C30H33N5O4/c1-5-30(3,4)31-29(37)28(22-11-7-6-10-20(22)2)34(17-21-14-15-25-26(16-21)39-19-38-25)27(36)18-35-24-13-9-8-12-23(24)32-33-35/h6-16,28H,5,17-19H2,1-4H3,(H,31,37)/t28-/m1/s1. The molecule has 2 amide bonds. The van der Waals surface area contributed by atoms with E-state index in [0.717, 1.165) is 28.6 Å². The minimum atomic E-state index is -0.871. The van der Waals surface area contributed by atoms with E-state index in [1.54, 1.807) is 9.58 Å². The molecule has 9 nitrogen and oxygen atoms in total. The molecule has 0 unspecified atom stereocenters. The molecule has 0 aliphatic carbocycles. The Morgan fingerprint density at radius 3 is 2.59 bits per heavy atom. The van der Waals surface area contributed by atoms with E-state index in [0.29, 0.717) is 17.0 Å². The lowest BCUT2D eigenvalue weighted by Crippen LogP contribution is -2.50.